The standard InChI is InChI=1S/C16H13N5O5/c17-11-4-2-1-3-10(11)14(22)18-7-8-5-9(21(25)26)6-12-13(8)20-16(24)15(23)19-12/h1-6H,7,17H2,(H,18,22)(H,19,23)(H,20,24). The van der Waals surface area contributed by atoms with Crippen molar-refractivity contribution < 1.29 is 9.72 Å². The van der Waals surface area contributed by atoms with Gasteiger partial charge in [-0.2, -0.15) is 0 Å². The summed E-state index contributed by atoms with van der Waals surface area (Å²) in [5, 5.41) is 13.7. The van der Waals surface area contributed by atoms with Gasteiger partial charge < -0.3 is 21.0 Å². The number of rotatable bonds is 4. The number of aromatic nitrogens is 2. The van der Waals surface area contributed by atoms with Gasteiger partial charge in [0.2, 0.25) is 0 Å². The minimum atomic E-state index is -0.926. The highest BCUT2D eigenvalue weighted by molar-refractivity contribution is 5.99. The summed E-state index contributed by atoms with van der Waals surface area (Å²) >= 11 is 0. The molecule has 10 heteroatoms. The fraction of sp³-hybridized carbons (Fsp3) is 0.0625. The Labute approximate surface area is 144 Å². The van der Waals surface area contributed by atoms with Gasteiger partial charge in [0, 0.05) is 29.9 Å². The third kappa shape index (κ3) is 3.15. The fourth-order valence-electron chi connectivity index (χ4n) is 2.50. The molecule has 0 aliphatic heterocycles. The molecule has 0 fully saturated rings. The molecule has 132 valence electrons. The number of carbonyl (C=O) groups excluding carboxylic acids is 1. The van der Waals surface area contributed by atoms with Gasteiger partial charge in [-0.3, -0.25) is 24.5 Å². The number of non-ortho nitro benzene ring substituents is 1. The van der Waals surface area contributed by atoms with E-state index in [1.54, 1.807) is 18.2 Å². The Morgan fingerprint density at radius 1 is 1.15 bits per heavy atom. The van der Waals surface area contributed by atoms with Gasteiger partial charge in [0.1, 0.15) is 0 Å². The van der Waals surface area contributed by atoms with Crippen molar-refractivity contribution in [1.82, 2.24) is 15.3 Å². The van der Waals surface area contributed by atoms with Gasteiger partial charge in [0.25, 0.3) is 11.6 Å². The van der Waals surface area contributed by atoms with E-state index in [-0.39, 0.29) is 40.1 Å². The van der Waals surface area contributed by atoms with Crippen LogP contribution in [0, 0.1) is 10.1 Å². The zero-order valence-corrected chi connectivity index (χ0v) is 13.2. The summed E-state index contributed by atoms with van der Waals surface area (Å²) in [6.45, 7) is -0.118. The Hall–Kier alpha value is -3.95. The van der Waals surface area contributed by atoms with Crippen molar-refractivity contribution in [1.29, 1.82) is 0 Å². The molecular formula is C16H13N5O5. The molecule has 1 amide bonds. The third-order valence-corrected chi connectivity index (χ3v) is 3.75. The normalized spacial score (nSPS) is 10.6. The molecule has 0 bridgehead atoms. The van der Waals surface area contributed by atoms with E-state index < -0.39 is 21.9 Å². The highest BCUT2D eigenvalue weighted by Gasteiger charge is 2.15. The third-order valence-electron chi connectivity index (χ3n) is 3.75. The lowest BCUT2D eigenvalue weighted by atomic mass is 10.1. The predicted octanol–water partition coefficient (Wildman–Crippen LogP) is 0.637. The van der Waals surface area contributed by atoms with Crippen LogP contribution >= 0.6 is 0 Å². The lowest BCUT2D eigenvalue weighted by molar-refractivity contribution is -0.384. The minimum Gasteiger partial charge on any atom is -0.398 e. The molecular weight excluding hydrogens is 342 g/mol. The topological polar surface area (TPSA) is 164 Å². The first-order chi connectivity index (χ1) is 12.4. The fourth-order valence-corrected chi connectivity index (χ4v) is 2.50. The molecule has 0 saturated carbocycles. The van der Waals surface area contributed by atoms with E-state index in [0.29, 0.717) is 0 Å². The number of carbonyl (C=O) groups is 1. The number of fused-ring (bicyclic) bond motifs is 1. The number of benzene rings is 2. The zero-order chi connectivity index (χ0) is 18.8. The average molecular weight is 355 g/mol. The number of nitrogens with one attached hydrogen (secondary N) is 3. The van der Waals surface area contributed by atoms with Gasteiger partial charge in [-0.15, -0.1) is 0 Å². The van der Waals surface area contributed by atoms with Crippen molar-refractivity contribution in [2.24, 2.45) is 0 Å². The molecule has 1 heterocycles. The second-order valence-corrected chi connectivity index (χ2v) is 5.46. The maximum absolute atomic E-state index is 12.3. The van der Waals surface area contributed by atoms with Crippen LogP contribution in [0.15, 0.2) is 46.0 Å². The van der Waals surface area contributed by atoms with E-state index in [2.05, 4.69) is 15.3 Å². The SMILES string of the molecule is Nc1ccccc1C(=O)NCc1cc([N+](=O)[O-])cc2[nH]c(=O)c(=O)[nH]c12. The van der Waals surface area contributed by atoms with E-state index in [9.17, 15) is 24.5 Å². The van der Waals surface area contributed by atoms with E-state index in [4.69, 9.17) is 5.73 Å². The van der Waals surface area contributed by atoms with Crippen molar-refractivity contribution in [3.63, 3.8) is 0 Å². The largest absolute Gasteiger partial charge is 0.398 e. The Kier molecular flexibility index (Phi) is 4.23. The summed E-state index contributed by atoms with van der Waals surface area (Å²) in [5.74, 6) is -0.477. The number of nitro benzene ring substituents is 1. The number of nitrogens with two attached hydrogens (primary N) is 1. The van der Waals surface area contributed by atoms with Crippen LogP contribution in [0.25, 0.3) is 11.0 Å². The summed E-state index contributed by atoms with van der Waals surface area (Å²) in [4.78, 5) is 50.4. The number of para-hydroxylation sites is 1. The molecule has 0 spiro atoms. The number of anilines is 1. The van der Waals surface area contributed by atoms with Crippen molar-refractivity contribution in [3.05, 3.63) is 78.3 Å². The molecule has 3 rings (SSSR count). The summed E-state index contributed by atoms with van der Waals surface area (Å²) in [6, 6.07) is 8.78. The first-order valence-electron chi connectivity index (χ1n) is 7.43. The Morgan fingerprint density at radius 2 is 1.85 bits per heavy atom. The van der Waals surface area contributed by atoms with Crippen molar-refractivity contribution in [2.45, 2.75) is 6.54 Å². The Bertz CT molecular complexity index is 1150. The van der Waals surface area contributed by atoms with Crippen LogP contribution in [0.2, 0.25) is 0 Å². The van der Waals surface area contributed by atoms with Crippen LogP contribution in [-0.4, -0.2) is 20.8 Å². The van der Waals surface area contributed by atoms with E-state index in [0.717, 1.165) is 6.07 Å². The van der Waals surface area contributed by atoms with Gasteiger partial charge >= 0.3 is 11.1 Å². The number of nitrogen functional groups attached to an aromatic ring is 1. The highest BCUT2D eigenvalue weighted by Crippen LogP contribution is 2.21. The number of amides is 1. The number of H-pyrrole nitrogens is 2. The first-order valence-corrected chi connectivity index (χ1v) is 7.43. The van der Waals surface area contributed by atoms with Gasteiger partial charge in [0.05, 0.1) is 21.5 Å². The zero-order valence-electron chi connectivity index (χ0n) is 13.2. The Balaban J connectivity index is 2.01. The second kappa shape index (κ2) is 6.51. The number of hydrogen-bond acceptors (Lipinski definition) is 6. The van der Waals surface area contributed by atoms with E-state index >= 15 is 0 Å². The predicted molar refractivity (Wildman–Crippen MR) is 93.9 cm³/mol. The minimum absolute atomic E-state index is 0.0901. The lowest BCUT2D eigenvalue weighted by Crippen LogP contribution is -2.30. The molecule has 0 aliphatic carbocycles. The van der Waals surface area contributed by atoms with Gasteiger partial charge in [-0.1, -0.05) is 12.1 Å². The van der Waals surface area contributed by atoms with Crippen LogP contribution in [0.1, 0.15) is 15.9 Å². The smallest absolute Gasteiger partial charge is 0.314 e. The monoisotopic (exact) mass is 355 g/mol. The van der Waals surface area contributed by atoms with Crippen LogP contribution in [0.3, 0.4) is 0 Å². The summed E-state index contributed by atoms with van der Waals surface area (Å²) in [7, 11) is 0. The first kappa shape index (κ1) is 16.9. The van der Waals surface area contributed by atoms with Crippen molar-refractivity contribution in [2.75, 3.05) is 5.73 Å². The van der Waals surface area contributed by atoms with Crippen LogP contribution in [0.5, 0.6) is 0 Å². The molecule has 1 aromatic heterocycles. The average Bonchev–Trinajstić information content (AvgIpc) is 2.60. The second-order valence-electron chi connectivity index (χ2n) is 5.46. The van der Waals surface area contributed by atoms with E-state index in [1.165, 1.54) is 12.1 Å². The molecule has 0 saturated heterocycles. The number of nitrogens with zero attached hydrogens (tertiary/aromatic N) is 1. The summed E-state index contributed by atoms with van der Waals surface area (Å²) in [6.07, 6.45) is 0. The number of hydrogen-bond donors (Lipinski definition) is 4. The van der Waals surface area contributed by atoms with E-state index in [1.807, 2.05) is 0 Å². The molecule has 26 heavy (non-hydrogen) atoms. The van der Waals surface area contributed by atoms with Crippen molar-refractivity contribution in [3.8, 4) is 0 Å². The van der Waals surface area contributed by atoms with Crippen LogP contribution in [-0.2, 0) is 6.54 Å². The Morgan fingerprint density at radius 3 is 2.54 bits per heavy atom. The van der Waals surface area contributed by atoms with Gasteiger partial charge in [0.15, 0.2) is 0 Å². The molecule has 3 aromatic rings. The van der Waals surface area contributed by atoms with Gasteiger partial charge in [-0.25, -0.2) is 0 Å². The number of nitro groups is 1. The molecule has 10 nitrogen and oxygen atoms in total. The van der Waals surface area contributed by atoms with Crippen molar-refractivity contribution >= 4 is 28.3 Å². The quantitative estimate of drug-likeness (QED) is 0.232. The molecule has 0 radical (unpaired) electrons. The maximum atomic E-state index is 12.3. The molecule has 5 N–H and O–H groups in total. The maximum Gasteiger partial charge on any atom is 0.314 e. The van der Waals surface area contributed by atoms with Crippen LogP contribution < -0.4 is 22.2 Å². The van der Waals surface area contributed by atoms with Gasteiger partial charge in [-0.05, 0) is 12.1 Å². The molecule has 0 unspecified atom stereocenters. The lowest BCUT2D eigenvalue weighted by Gasteiger charge is -2.09. The molecule has 0 atom stereocenters. The summed E-state index contributed by atoms with van der Waals surface area (Å²) < 4.78 is 0. The molecule has 2 aromatic carbocycles. The molecule has 0 aliphatic rings. The highest BCUT2D eigenvalue weighted by atomic mass is 16.6. The number of aromatic amines is 2. The summed E-state index contributed by atoms with van der Waals surface area (Å²) in [5.41, 5.74) is 4.73. The van der Waals surface area contributed by atoms with Crippen LogP contribution in [0.4, 0.5) is 11.4 Å².